The minimum absolute atomic E-state index is 0.254. The highest BCUT2D eigenvalue weighted by molar-refractivity contribution is 14.1. The Kier molecular flexibility index (Phi) is 16.5. The molecule has 1 N–H and O–H groups in total. The molecule has 6 nitrogen and oxygen atoms in total. The molecule has 0 aliphatic carbocycles. The lowest BCUT2D eigenvalue weighted by atomic mass is 10.1. The summed E-state index contributed by atoms with van der Waals surface area (Å²) < 4.78 is 17.0. The van der Waals surface area contributed by atoms with E-state index in [1.54, 1.807) is 38.1 Å². The number of hydrogen-bond acceptors (Lipinski definition) is 6. The first kappa shape index (κ1) is 38.6. The second kappa shape index (κ2) is 20.5. The molecule has 0 fully saturated rings. The third-order valence-electron chi connectivity index (χ3n) is 7.07. The average Bonchev–Trinajstić information content (AvgIpc) is 3.09. The molecule has 252 valence electrons. The molecule has 1 aliphatic rings. The van der Waals surface area contributed by atoms with Crippen LogP contribution >= 0.6 is 22.6 Å². The maximum Gasteiger partial charge on any atom is 0.338 e. The van der Waals surface area contributed by atoms with Gasteiger partial charge in [-0.1, -0.05) is 103 Å². The van der Waals surface area contributed by atoms with Gasteiger partial charge in [-0.25, -0.2) is 9.59 Å². The molecule has 0 amide bonds. The third kappa shape index (κ3) is 13.7. The predicted molar refractivity (Wildman–Crippen MR) is 204 cm³/mol. The van der Waals surface area contributed by atoms with Gasteiger partial charge in [-0.15, -0.1) is 0 Å². The van der Waals surface area contributed by atoms with Gasteiger partial charge in [0.25, 0.3) is 0 Å². The first-order valence-electron chi connectivity index (χ1n) is 16.1. The van der Waals surface area contributed by atoms with E-state index >= 15 is 0 Å². The van der Waals surface area contributed by atoms with Crippen molar-refractivity contribution in [1.29, 1.82) is 0 Å². The monoisotopic (exact) mass is 776 g/mol. The Labute approximate surface area is 299 Å². The summed E-state index contributed by atoms with van der Waals surface area (Å²) in [5.41, 5.74) is 6.53. The van der Waals surface area contributed by atoms with E-state index in [4.69, 9.17) is 13.9 Å². The van der Waals surface area contributed by atoms with Crippen LogP contribution in [-0.4, -0.2) is 38.6 Å². The molecule has 5 rings (SSSR count). The largest absolute Gasteiger partial charge is 0.462 e. The van der Waals surface area contributed by atoms with Crippen molar-refractivity contribution in [3.8, 4) is 0 Å². The van der Waals surface area contributed by atoms with E-state index in [1.165, 1.54) is 5.56 Å². The van der Waals surface area contributed by atoms with Crippen LogP contribution in [0.5, 0.6) is 0 Å². The first-order chi connectivity index (χ1) is 23.1. The lowest BCUT2D eigenvalue weighted by molar-refractivity contribution is 0.0516. The van der Waals surface area contributed by atoms with Crippen molar-refractivity contribution in [2.75, 3.05) is 13.2 Å². The normalized spacial score (nSPS) is 15.2. The minimum Gasteiger partial charge on any atom is -0.462 e. The van der Waals surface area contributed by atoms with Gasteiger partial charge in [0.2, 0.25) is 8.32 Å². The second-order valence-corrected chi connectivity index (χ2v) is 16.4. The SMILES string of the molecule is CCOC(=O)c1cccc(/C=C\CC(O)c2ccccc2)c1.CCOC(=O)c1cccc(I)c1.C[Si]1(C)C=CCC(c2ccccc2)O1. The molecule has 2 atom stereocenters. The predicted octanol–water partition coefficient (Wildman–Crippen LogP) is 9.92. The van der Waals surface area contributed by atoms with Gasteiger partial charge in [0, 0.05) is 3.57 Å². The summed E-state index contributed by atoms with van der Waals surface area (Å²) in [5.74, 6) is -0.571. The van der Waals surface area contributed by atoms with E-state index < -0.39 is 14.4 Å². The zero-order valence-corrected chi connectivity index (χ0v) is 31.2. The number of aliphatic hydroxyl groups is 1. The van der Waals surface area contributed by atoms with Gasteiger partial charge in [0.1, 0.15) is 0 Å². The molecule has 2 unspecified atom stereocenters. The summed E-state index contributed by atoms with van der Waals surface area (Å²) in [6.45, 7) is 8.84. The molecule has 0 saturated carbocycles. The molecule has 0 saturated heterocycles. The van der Waals surface area contributed by atoms with E-state index in [-0.39, 0.29) is 18.0 Å². The zero-order chi connectivity index (χ0) is 34.8. The fourth-order valence-electron chi connectivity index (χ4n) is 4.76. The molecule has 0 spiro atoms. The van der Waals surface area contributed by atoms with Gasteiger partial charge >= 0.3 is 11.9 Å². The van der Waals surface area contributed by atoms with Crippen LogP contribution in [0.1, 0.15) is 76.3 Å². The Morgan fingerprint density at radius 1 is 0.854 bits per heavy atom. The van der Waals surface area contributed by atoms with E-state index in [1.807, 2.05) is 72.8 Å². The topological polar surface area (TPSA) is 82.1 Å². The molecule has 4 aromatic carbocycles. The van der Waals surface area contributed by atoms with E-state index in [0.717, 1.165) is 21.1 Å². The summed E-state index contributed by atoms with van der Waals surface area (Å²) in [5, 5.41) is 10.1. The van der Waals surface area contributed by atoms with E-state index in [0.29, 0.717) is 30.8 Å². The Morgan fingerprint density at radius 3 is 2.02 bits per heavy atom. The highest BCUT2D eigenvalue weighted by Gasteiger charge is 2.27. The number of esters is 2. The number of hydrogen-bond donors (Lipinski definition) is 1. The number of rotatable bonds is 9. The molecule has 1 heterocycles. The summed E-state index contributed by atoms with van der Waals surface area (Å²) in [6, 6.07) is 34.6. The summed E-state index contributed by atoms with van der Waals surface area (Å²) >= 11 is 2.16. The lowest BCUT2D eigenvalue weighted by Gasteiger charge is -2.30. The molecular weight excluding hydrogens is 731 g/mol. The van der Waals surface area contributed by atoms with Crippen LogP contribution in [0.2, 0.25) is 13.1 Å². The van der Waals surface area contributed by atoms with Crippen molar-refractivity contribution in [3.05, 3.63) is 158 Å². The number of ether oxygens (including phenoxy) is 2. The lowest BCUT2D eigenvalue weighted by Crippen LogP contribution is -2.32. The molecule has 48 heavy (non-hydrogen) atoms. The van der Waals surface area contributed by atoms with Crippen molar-refractivity contribution in [3.63, 3.8) is 0 Å². The zero-order valence-electron chi connectivity index (χ0n) is 28.1. The van der Waals surface area contributed by atoms with Crippen molar-refractivity contribution in [2.24, 2.45) is 0 Å². The third-order valence-corrected chi connectivity index (χ3v) is 9.68. The molecule has 4 aromatic rings. The average molecular weight is 777 g/mol. The van der Waals surface area contributed by atoms with Crippen LogP contribution in [0.25, 0.3) is 6.08 Å². The molecule has 0 bridgehead atoms. The van der Waals surface area contributed by atoms with Gasteiger partial charge < -0.3 is 19.0 Å². The van der Waals surface area contributed by atoms with Crippen LogP contribution in [0, 0.1) is 3.57 Å². The quantitative estimate of drug-likeness (QED) is 0.104. The van der Waals surface area contributed by atoms with Gasteiger partial charge in [-0.2, -0.15) is 0 Å². The first-order valence-corrected chi connectivity index (χ1v) is 20.2. The van der Waals surface area contributed by atoms with Crippen LogP contribution in [0.3, 0.4) is 0 Å². The fourth-order valence-corrected chi connectivity index (χ4v) is 7.05. The van der Waals surface area contributed by atoms with Gasteiger partial charge in [-0.05, 0) is 109 Å². The molecule has 1 aliphatic heterocycles. The van der Waals surface area contributed by atoms with E-state index in [9.17, 15) is 14.7 Å². The Balaban J connectivity index is 0.000000207. The molecule has 0 aromatic heterocycles. The van der Waals surface area contributed by atoms with E-state index in [2.05, 4.69) is 71.7 Å². The highest BCUT2D eigenvalue weighted by Crippen LogP contribution is 2.30. The highest BCUT2D eigenvalue weighted by atomic mass is 127. The van der Waals surface area contributed by atoms with Gasteiger partial charge in [0.05, 0.1) is 36.5 Å². The van der Waals surface area contributed by atoms with Crippen molar-refractivity contribution in [1.82, 2.24) is 0 Å². The van der Waals surface area contributed by atoms with Crippen molar-refractivity contribution < 1.29 is 28.6 Å². The van der Waals surface area contributed by atoms with Gasteiger partial charge in [0.15, 0.2) is 0 Å². The standard InChI is InChI=1S/C19H20O3.C12H16OSi.C9H9IO2/c1-2-22-19(21)17-12-6-8-15(14-17)9-7-13-18(20)16-10-4-3-5-11-16;1-14(2)10-6-9-12(13-14)11-7-4-3-5-8-11;1-2-12-9(11)7-4-3-5-8(10)6-7/h3-12,14,18,20H,2,13H2,1H3;3-8,10,12H,9H2,1-2H3;3-6H,2H2,1H3/b9-7-;;. The van der Waals surface area contributed by atoms with Crippen LogP contribution < -0.4 is 0 Å². The van der Waals surface area contributed by atoms with Crippen LogP contribution in [-0.2, 0) is 13.9 Å². The Hall–Kier alpha value is -3.83. The number of halogens is 1. The maximum absolute atomic E-state index is 11.7. The van der Waals surface area contributed by atoms with Gasteiger partial charge in [-0.3, -0.25) is 0 Å². The maximum atomic E-state index is 11.7. The fraction of sp³-hybridized carbons (Fsp3) is 0.250. The molecule has 0 radical (unpaired) electrons. The van der Waals surface area contributed by atoms with Crippen molar-refractivity contribution in [2.45, 2.75) is 52.0 Å². The smallest absolute Gasteiger partial charge is 0.338 e. The number of carbonyl (C=O) groups is 2. The summed E-state index contributed by atoms with van der Waals surface area (Å²) in [4.78, 5) is 22.8. The Bertz CT molecular complexity index is 1620. The van der Waals surface area contributed by atoms with Crippen LogP contribution in [0.4, 0.5) is 0 Å². The van der Waals surface area contributed by atoms with Crippen molar-refractivity contribution >= 4 is 48.9 Å². The number of aliphatic hydroxyl groups excluding tert-OH is 1. The summed E-state index contributed by atoms with van der Waals surface area (Å²) in [6.07, 6.45) is 7.37. The van der Waals surface area contributed by atoms with Crippen LogP contribution in [0.15, 0.2) is 127 Å². The second-order valence-electron chi connectivity index (χ2n) is 11.4. The molecule has 8 heteroatoms. The number of benzene rings is 4. The number of carbonyl (C=O) groups excluding carboxylic acids is 2. The summed E-state index contributed by atoms with van der Waals surface area (Å²) in [7, 11) is -1.52. The minimum atomic E-state index is -1.52. The molecular formula is C40H45IO6Si. The Morgan fingerprint density at radius 2 is 1.44 bits per heavy atom.